The molecule has 0 aromatic heterocycles. The van der Waals surface area contributed by atoms with Crippen molar-refractivity contribution in [3.8, 4) is 5.75 Å². The number of alkyl halides is 3. The van der Waals surface area contributed by atoms with Gasteiger partial charge in [0.1, 0.15) is 5.75 Å². The quantitative estimate of drug-likeness (QED) is 0.908. The van der Waals surface area contributed by atoms with E-state index in [4.69, 9.17) is 5.73 Å². The standard InChI is InChI=1S/C13H16BrF3N2O/c1-8-5-19(7-11(8)18)6-9-2-3-12(10(14)4-9)20-13(15,16)17/h2-4,8,11H,5-7,18H2,1H3. The molecule has 0 spiro atoms. The van der Waals surface area contributed by atoms with Crippen LogP contribution in [0.1, 0.15) is 12.5 Å². The molecule has 3 nitrogen and oxygen atoms in total. The number of benzene rings is 1. The summed E-state index contributed by atoms with van der Waals surface area (Å²) in [5.41, 5.74) is 6.87. The zero-order chi connectivity index (χ0) is 14.9. The molecular formula is C13H16BrF3N2O. The summed E-state index contributed by atoms with van der Waals surface area (Å²) in [5.74, 6) is 0.207. The minimum atomic E-state index is -4.68. The maximum atomic E-state index is 12.2. The second-order valence-electron chi connectivity index (χ2n) is 5.15. The van der Waals surface area contributed by atoms with Gasteiger partial charge in [0.05, 0.1) is 4.47 Å². The Labute approximate surface area is 124 Å². The Morgan fingerprint density at radius 1 is 1.40 bits per heavy atom. The summed E-state index contributed by atoms with van der Waals surface area (Å²) in [5, 5.41) is 0. The highest BCUT2D eigenvalue weighted by molar-refractivity contribution is 9.10. The third kappa shape index (κ3) is 4.10. The highest BCUT2D eigenvalue weighted by Gasteiger charge is 2.32. The van der Waals surface area contributed by atoms with Crippen molar-refractivity contribution < 1.29 is 17.9 Å². The van der Waals surface area contributed by atoms with Crippen molar-refractivity contribution in [1.82, 2.24) is 4.90 Å². The monoisotopic (exact) mass is 352 g/mol. The lowest BCUT2D eigenvalue weighted by atomic mass is 10.1. The van der Waals surface area contributed by atoms with E-state index in [1.54, 1.807) is 12.1 Å². The Kier molecular flexibility index (Phi) is 4.61. The molecule has 0 saturated carbocycles. The van der Waals surface area contributed by atoms with Crippen LogP contribution in [0.4, 0.5) is 13.2 Å². The summed E-state index contributed by atoms with van der Waals surface area (Å²) >= 11 is 3.10. The van der Waals surface area contributed by atoms with Crippen LogP contribution in [0.2, 0.25) is 0 Å². The molecule has 7 heteroatoms. The summed E-state index contributed by atoms with van der Waals surface area (Å²) in [6.45, 7) is 4.48. The molecule has 2 N–H and O–H groups in total. The average molecular weight is 353 g/mol. The Hall–Kier alpha value is -0.790. The fourth-order valence-corrected chi connectivity index (χ4v) is 2.84. The number of rotatable bonds is 3. The van der Waals surface area contributed by atoms with Gasteiger partial charge in [-0.15, -0.1) is 13.2 Å². The van der Waals surface area contributed by atoms with E-state index >= 15 is 0 Å². The molecule has 20 heavy (non-hydrogen) atoms. The molecule has 2 unspecified atom stereocenters. The molecule has 2 atom stereocenters. The number of nitrogens with two attached hydrogens (primary N) is 1. The zero-order valence-electron chi connectivity index (χ0n) is 11.0. The Morgan fingerprint density at radius 2 is 2.10 bits per heavy atom. The van der Waals surface area contributed by atoms with Gasteiger partial charge >= 0.3 is 6.36 Å². The van der Waals surface area contributed by atoms with E-state index in [1.165, 1.54) is 6.07 Å². The second-order valence-corrected chi connectivity index (χ2v) is 6.00. The van der Waals surface area contributed by atoms with Gasteiger partial charge in [-0.25, -0.2) is 0 Å². The normalized spacial score (nSPS) is 24.1. The predicted octanol–water partition coefficient (Wildman–Crippen LogP) is 3.13. The first-order valence-corrected chi connectivity index (χ1v) is 7.06. The van der Waals surface area contributed by atoms with E-state index < -0.39 is 6.36 Å². The van der Waals surface area contributed by atoms with Crippen molar-refractivity contribution in [2.75, 3.05) is 13.1 Å². The first-order valence-electron chi connectivity index (χ1n) is 6.26. The van der Waals surface area contributed by atoms with Gasteiger partial charge in [-0.3, -0.25) is 4.90 Å². The van der Waals surface area contributed by atoms with Crippen LogP contribution in [-0.2, 0) is 6.54 Å². The summed E-state index contributed by atoms with van der Waals surface area (Å²) < 4.78 is 40.7. The van der Waals surface area contributed by atoms with Crippen molar-refractivity contribution in [1.29, 1.82) is 0 Å². The number of likely N-dealkylation sites (tertiary alicyclic amines) is 1. The van der Waals surface area contributed by atoms with Crippen molar-refractivity contribution in [3.05, 3.63) is 28.2 Å². The van der Waals surface area contributed by atoms with Crippen LogP contribution in [0.5, 0.6) is 5.75 Å². The van der Waals surface area contributed by atoms with Crippen LogP contribution in [0.25, 0.3) is 0 Å². The fraction of sp³-hybridized carbons (Fsp3) is 0.538. The molecule has 1 fully saturated rings. The van der Waals surface area contributed by atoms with Crippen molar-refractivity contribution in [3.63, 3.8) is 0 Å². The van der Waals surface area contributed by atoms with Gasteiger partial charge in [0, 0.05) is 25.7 Å². The molecule has 2 rings (SSSR count). The lowest BCUT2D eigenvalue weighted by Crippen LogP contribution is -2.28. The van der Waals surface area contributed by atoms with Crippen LogP contribution in [0, 0.1) is 5.92 Å². The Balaban J connectivity index is 2.02. The first-order chi connectivity index (χ1) is 9.24. The molecule has 0 aliphatic carbocycles. The molecule has 1 aliphatic rings. The van der Waals surface area contributed by atoms with E-state index in [2.05, 4.69) is 32.5 Å². The lowest BCUT2D eigenvalue weighted by Gasteiger charge is -2.16. The van der Waals surface area contributed by atoms with Crippen LogP contribution in [-0.4, -0.2) is 30.4 Å². The number of hydrogen-bond donors (Lipinski definition) is 1. The van der Waals surface area contributed by atoms with Crippen molar-refractivity contribution in [2.24, 2.45) is 11.7 Å². The van der Waals surface area contributed by atoms with Crippen LogP contribution >= 0.6 is 15.9 Å². The fourth-order valence-electron chi connectivity index (χ4n) is 2.33. The van der Waals surface area contributed by atoms with Gasteiger partial charge in [-0.2, -0.15) is 0 Å². The van der Waals surface area contributed by atoms with E-state index in [9.17, 15) is 13.2 Å². The van der Waals surface area contributed by atoms with Crippen molar-refractivity contribution >= 4 is 15.9 Å². The van der Waals surface area contributed by atoms with Crippen LogP contribution < -0.4 is 10.5 Å². The van der Waals surface area contributed by atoms with Gasteiger partial charge in [0.2, 0.25) is 0 Å². The Morgan fingerprint density at radius 3 is 2.60 bits per heavy atom. The Bertz CT molecular complexity index is 471. The summed E-state index contributed by atoms with van der Waals surface area (Å²) in [6, 6.07) is 4.77. The molecule has 0 amide bonds. The zero-order valence-corrected chi connectivity index (χ0v) is 12.5. The van der Waals surface area contributed by atoms with Crippen molar-refractivity contribution in [2.45, 2.75) is 25.9 Å². The SMILES string of the molecule is CC1CN(Cc2ccc(OC(F)(F)F)c(Br)c2)CC1N. The van der Waals surface area contributed by atoms with E-state index in [0.717, 1.165) is 18.7 Å². The van der Waals surface area contributed by atoms with Gasteiger partial charge in [-0.1, -0.05) is 13.0 Å². The third-order valence-corrected chi connectivity index (χ3v) is 3.99. The largest absolute Gasteiger partial charge is 0.573 e. The first kappa shape index (κ1) is 15.6. The maximum absolute atomic E-state index is 12.2. The highest BCUT2D eigenvalue weighted by Crippen LogP contribution is 2.31. The molecule has 1 aromatic carbocycles. The van der Waals surface area contributed by atoms with Gasteiger partial charge in [0.25, 0.3) is 0 Å². The summed E-state index contributed by atoms with van der Waals surface area (Å²) in [7, 11) is 0. The van der Waals surface area contributed by atoms with Crippen LogP contribution in [0.3, 0.4) is 0 Å². The predicted molar refractivity (Wildman–Crippen MR) is 73.2 cm³/mol. The molecule has 1 aliphatic heterocycles. The minimum absolute atomic E-state index is 0.159. The van der Waals surface area contributed by atoms with Gasteiger partial charge in [-0.05, 0) is 39.5 Å². The number of halogens is 4. The molecular weight excluding hydrogens is 337 g/mol. The molecule has 1 aromatic rings. The smallest absolute Gasteiger partial charge is 0.405 e. The number of nitrogens with zero attached hydrogens (tertiary/aromatic N) is 1. The van der Waals surface area contributed by atoms with Gasteiger partial charge < -0.3 is 10.5 Å². The number of ether oxygens (including phenoxy) is 1. The van der Waals surface area contributed by atoms with E-state index in [-0.39, 0.29) is 11.8 Å². The summed E-state index contributed by atoms with van der Waals surface area (Å²) in [4.78, 5) is 2.20. The molecule has 1 heterocycles. The maximum Gasteiger partial charge on any atom is 0.573 e. The topological polar surface area (TPSA) is 38.5 Å². The number of hydrogen-bond acceptors (Lipinski definition) is 3. The van der Waals surface area contributed by atoms with Gasteiger partial charge in [0.15, 0.2) is 0 Å². The second kappa shape index (κ2) is 5.91. The average Bonchev–Trinajstić information content (AvgIpc) is 2.60. The molecule has 0 bridgehead atoms. The van der Waals surface area contributed by atoms with Crippen LogP contribution in [0.15, 0.2) is 22.7 Å². The molecule has 0 radical (unpaired) electrons. The summed E-state index contributed by atoms with van der Waals surface area (Å²) in [6.07, 6.45) is -4.68. The van der Waals surface area contributed by atoms with E-state index in [0.29, 0.717) is 16.9 Å². The molecule has 1 saturated heterocycles. The third-order valence-electron chi connectivity index (χ3n) is 3.37. The van der Waals surface area contributed by atoms with E-state index in [1.807, 2.05) is 0 Å². The highest BCUT2D eigenvalue weighted by atomic mass is 79.9. The molecule has 112 valence electrons. The minimum Gasteiger partial charge on any atom is -0.405 e. The lowest BCUT2D eigenvalue weighted by molar-refractivity contribution is -0.274.